The van der Waals surface area contributed by atoms with E-state index in [1.54, 1.807) is 11.3 Å². The van der Waals surface area contributed by atoms with Gasteiger partial charge in [0, 0.05) is 32.2 Å². The van der Waals surface area contributed by atoms with Crippen molar-refractivity contribution < 1.29 is 0 Å². The molecule has 1 aromatic heterocycles. The van der Waals surface area contributed by atoms with Crippen LogP contribution in [0.2, 0.25) is 0 Å². The van der Waals surface area contributed by atoms with E-state index in [0.29, 0.717) is 0 Å². The van der Waals surface area contributed by atoms with Gasteiger partial charge in [0.1, 0.15) is 0 Å². The summed E-state index contributed by atoms with van der Waals surface area (Å²) in [7, 11) is 0. The molecule has 1 fully saturated rings. The minimum Gasteiger partial charge on any atom is -0.312 e. The Labute approximate surface area is 102 Å². The fourth-order valence-corrected chi connectivity index (χ4v) is 2.53. The number of hydrogen-bond donors (Lipinski definition) is 1. The van der Waals surface area contributed by atoms with Gasteiger partial charge in [-0.2, -0.15) is 11.3 Å². The summed E-state index contributed by atoms with van der Waals surface area (Å²) in [5.74, 6) is 0. The molecule has 0 amide bonds. The molecular weight excluding hydrogens is 216 g/mol. The Bertz CT molecular complexity index is 304. The normalized spacial score (nSPS) is 15.6. The van der Waals surface area contributed by atoms with Crippen molar-refractivity contribution >= 4 is 11.3 Å². The maximum atomic E-state index is 3.71. The van der Waals surface area contributed by atoms with Crippen molar-refractivity contribution in [2.75, 3.05) is 19.6 Å². The van der Waals surface area contributed by atoms with Crippen LogP contribution in [-0.4, -0.2) is 30.6 Å². The highest BCUT2D eigenvalue weighted by molar-refractivity contribution is 7.07. The predicted octanol–water partition coefficient (Wildman–Crippen LogP) is 2.49. The Hall–Kier alpha value is -0.640. The van der Waals surface area contributed by atoms with E-state index >= 15 is 0 Å². The van der Waals surface area contributed by atoms with Gasteiger partial charge >= 0.3 is 0 Å². The molecule has 88 valence electrons. The van der Waals surface area contributed by atoms with Gasteiger partial charge in [0.2, 0.25) is 0 Å². The fraction of sp³-hybridized carbons (Fsp3) is 0.538. The summed E-state index contributed by atoms with van der Waals surface area (Å²) in [5, 5.41) is 7.79. The van der Waals surface area contributed by atoms with Crippen molar-refractivity contribution in [3.05, 3.63) is 35.0 Å². The molecule has 1 heterocycles. The highest BCUT2D eigenvalue weighted by atomic mass is 32.1. The summed E-state index contributed by atoms with van der Waals surface area (Å²) in [5.41, 5.74) is 1.46. The molecule has 0 aliphatic heterocycles. The summed E-state index contributed by atoms with van der Waals surface area (Å²) >= 11 is 1.79. The molecule has 2 rings (SSSR count). The van der Waals surface area contributed by atoms with Crippen molar-refractivity contribution in [1.82, 2.24) is 10.2 Å². The molecule has 0 radical (unpaired) electrons. The quantitative estimate of drug-likeness (QED) is 0.551. The number of rotatable bonds is 8. The standard InChI is InChI=1S/C13H20N2S/c1-2-6-14-7-8-15(13-3-4-13)10-12-5-9-16-11-12/h2,5,9,11,13-14H,1,3-4,6-8,10H2. The van der Waals surface area contributed by atoms with Crippen molar-refractivity contribution in [3.63, 3.8) is 0 Å². The van der Waals surface area contributed by atoms with Crippen molar-refractivity contribution in [2.45, 2.75) is 25.4 Å². The summed E-state index contributed by atoms with van der Waals surface area (Å²) in [6.45, 7) is 7.95. The van der Waals surface area contributed by atoms with Crippen LogP contribution in [0.5, 0.6) is 0 Å². The first-order valence-corrected chi connectivity index (χ1v) is 6.91. The molecule has 2 nitrogen and oxygen atoms in total. The number of thiophene rings is 1. The molecule has 1 saturated carbocycles. The molecule has 3 heteroatoms. The van der Waals surface area contributed by atoms with Gasteiger partial charge in [-0.25, -0.2) is 0 Å². The molecular formula is C13H20N2S. The Morgan fingerprint density at radius 2 is 2.44 bits per heavy atom. The number of nitrogens with one attached hydrogen (secondary N) is 1. The molecule has 0 saturated heterocycles. The van der Waals surface area contributed by atoms with Crippen LogP contribution in [0.25, 0.3) is 0 Å². The lowest BCUT2D eigenvalue weighted by molar-refractivity contribution is 0.256. The first-order chi connectivity index (χ1) is 7.90. The average molecular weight is 236 g/mol. The smallest absolute Gasteiger partial charge is 0.0245 e. The Kier molecular flexibility index (Phi) is 4.57. The summed E-state index contributed by atoms with van der Waals surface area (Å²) in [4.78, 5) is 2.60. The minimum atomic E-state index is 0.838. The molecule has 1 aromatic rings. The Morgan fingerprint density at radius 3 is 3.06 bits per heavy atom. The molecule has 16 heavy (non-hydrogen) atoms. The van der Waals surface area contributed by atoms with Gasteiger partial charge in [-0.05, 0) is 35.2 Å². The maximum absolute atomic E-state index is 3.71. The van der Waals surface area contributed by atoms with Gasteiger partial charge in [0.25, 0.3) is 0 Å². The second-order valence-electron chi connectivity index (χ2n) is 4.33. The number of hydrogen-bond acceptors (Lipinski definition) is 3. The summed E-state index contributed by atoms with van der Waals surface area (Å²) in [6, 6.07) is 3.07. The van der Waals surface area contributed by atoms with E-state index in [2.05, 4.69) is 33.6 Å². The van der Waals surface area contributed by atoms with Crippen LogP contribution < -0.4 is 5.32 Å². The molecule has 0 unspecified atom stereocenters. The van der Waals surface area contributed by atoms with Crippen LogP contribution in [0.3, 0.4) is 0 Å². The van der Waals surface area contributed by atoms with Gasteiger partial charge in [0.05, 0.1) is 0 Å². The lowest BCUT2D eigenvalue weighted by Crippen LogP contribution is -2.33. The van der Waals surface area contributed by atoms with Crippen LogP contribution in [0.1, 0.15) is 18.4 Å². The largest absolute Gasteiger partial charge is 0.312 e. The zero-order chi connectivity index (χ0) is 11.2. The Balaban J connectivity index is 1.74. The van der Waals surface area contributed by atoms with Crippen molar-refractivity contribution in [2.24, 2.45) is 0 Å². The highest BCUT2D eigenvalue weighted by Gasteiger charge is 2.28. The van der Waals surface area contributed by atoms with Crippen LogP contribution in [0, 0.1) is 0 Å². The molecule has 1 N–H and O–H groups in total. The van der Waals surface area contributed by atoms with Gasteiger partial charge in [-0.1, -0.05) is 6.08 Å². The zero-order valence-electron chi connectivity index (χ0n) is 9.69. The third kappa shape index (κ3) is 3.74. The van der Waals surface area contributed by atoms with Gasteiger partial charge in [0.15, 0.2) is 0 Å². The fourth-order valence-electron chi connectivity index (χ4n) is 1.87. The van der Waals surface area contributed by atoms with Crippen molar-refractivity contribution in [3.8, 4) is 0 Å². The lowest BCUT2D eigenvalue weighted by atomic mass is 10.3. The van der Waals surface area contributed by atoms with E-state index in [0.717, 1.165) is 32.2 Å². The second kappa shape index (κ2) is 6.18. The molecule has 1 aliphatic carbocycles. The molecule has 0 bridgehead atoms. The van der Waals surface area contributed by atoms with Gasteiger partial charge < -0.3 is 5.32 Å². The lowest BCUT2D eigenvalue weighted by Gasteiger charge is -2.21. The van der Waals surface area contributed by atoms with Gasteiger partial charge in [-0.3, -0.25) is 4.90 Å². The third-order valence-corrected chi connectivity index (χ3v) is 3.63. The molecule has 0 atom stereocenters. The molecule has 1 aliphatic rings. The first kappa shape index (κ1) is 11.8. The second-order valence-corrected chi connectivity index (χ2v) is 5.11. The van der Waals surface area contributed by atoms with E-state index in [-0.39, 0.29) is 0 Å². The van der Waals surface area contributed by atoms with Crippen LogP contribution in [0.4, 0.5) is 0 Å². The highest BCUT2D eigenvalue weighted by Crippen LogP contribution is 2.28. The first-order valence-electron chi connectivity index (χ1n) is 5.97. The minimum absolute atomic E-state index is 0.838. The SMILES string of the molecule is C=CCNCCN(Cc1ccsc1)C1CC1. The molecule has 0 aromatic carbocycles. The summed E-state index contributed by atoms with van der Waals surface area (Å²) in [6.07, 6.45) is 4.68. The third-order valence-electron chi connectivity index (χ3n) is 2.89. The van der Waals surface area contributed by atoms with E-state index < -0.39 is 0 Å². The van der Waals surface area contributed by atoms with Crippen LogP contribution in [0.15, 0.2) is 29.5 Å². The average Bonchev–Trinajstić information content (AvgIpc) is 3.02. The van der Waals surface area contributed by atoms with Gasteiger partial charge in [-0.15, -0.1) is 6.58 Å². The van der Waals surface area contributed by atoms with E-state index in [4.69, 9.17) is 0 Å². The summed E-state index contributed by atoms with van der Waals surface area (Å²) < 4.78 is 0. The van der Waals surface area contributed by atoms with E-state index in [9.17, 15) is 0 Å². The predicted molar refractivity (Wildman–Crippen MR) is 70.8 cm³/mol. The molecule has 0 spiro atoms. The van der Waals surface area contributed by atoms with E-state index in [1.807, 2.05) is 6.08 Å². The Morgan fingerprint density at radius 1 is 1.56 bits per heavy atom. The van der Waals surface area contributed by atoms with Crippen LogP contribution >= 0.6 is 11.3 Å². The monoisotopic (exact) mass is 236 g/mol. The van der Waals surface area contributed by atoms with E-state index in [1.165, 1.54) is 18.4 Å². The maximum Gasteiger partial charge on any atom is 0.0245 e. The van der Waals surface area contributed by atoms with Crippen LogP contribution in [-0.2, 0) is 6.54 Å². The number of nitrogens with zero attached hydrogens (tertiary/aromatic N) is 1. The zero-order valence-corrected chi connectivity index (χ0v) is 10.5. The topological polar surface area (TPSA) is 15.3 Å². The van der Waals surface area contributed by atoms with Crippen molar-refractivity contribution in [1.29, 1.82) is 0 Å².